The fourth-order valence-corrected chi connectivity index (χ4v) is 6.87. The van der Waals surface area contributed by atoms with Gasteiger partial charge >= 0.3 is 0 Å². The molecule has 2 aliphatic carbocycles. The lowest BCUT2D eigenvalue weighted by Crippen LogP contribution is -2.52. The van der Waals surface area contributed by atoms with Gasteiger partial charge in [-0.1, -0.05) is 61.9 Å². The molecule has 220 valence electrons. The van der Waals surface area contributed by atoms with Gasteiger partial charge in [0, 0.05) is 29.1 Å². The predicted octanol–water partition coefficient (Wildman–Crippen LogP) is 5.54. The van der Waals surface area contributed by atoms with E-state index >= 15 is 0 Å². The van der Waals surface area contributed by atoms with Gasteiger partial charge in [0.1, 0.15) is 11.4 Å². The van der Waals surface area contributed by atoms with Gasteiger partial charge in [0.15, 0.2) is 5.82 Å². The number of rotatable bonds is 8. The van der Waals surface area contributed by atoms with Gasteiger partial charge in [-0.2, -0.15) is 5.21 Å². The van der Waals surface area contributed by atoms with E-state index in [9.17, 15) is 9.59 Å². The minimum atomic E-state index is -0.574. The number of aliphatic imine (C=N–C) groups is 1. The molecule has 42 heavy (non-hydrogen) atoms. The van der Waals surface area contributed by atoms with Gasteiger partial charge < -0.3 is 10.2 Å². The first-order chi connectivity index (χ1) is 20.1. The van der Waals surface area contributed by atoms with Crippen LogP contribution in [-0.2, 0) is 11.2 Å². The number of carbonyl (C=O) groups is 2. The summed E-state index contributed by atoms with van der Waals surface area (Å²) in [6.07, 6.45) is 6.37. The molecular formula is C32H38ClN7O2. The van der Waals surface area contributed by atoms with Gasteiger partial charge in [-0.15, -0.1) is 10.2 Å². The number of aromatic amines is 1. The zero-order valence-corrected chi connectivity index (χ0v) is 25.2. The SMILES string of the molecule is CC(C)(C)C1CCC2(CC1)N=C(c1cccc(Cl)c1)C(=O)N2C(c1ccc(C(=O)NCCc2nn[nH]n2)cc1)C1CC1. The summed E-state index contributed by atoms with van der Waals surface area (Å²) in [7, 11) is 0. The normalized spacial score (nSPS) is 23.2. The van der Waals surface area contributed by atoms with Crippen LogP contribution in [-0.4, -0.2) is 55.3 Å². The first-order valence-corrected chi connectivity index (χ1v) is 15.3. The molecular weight excluding hydrogens is 550 g/mol. The Labute approximate surface area is 251 Å². The molecule has 2 saturated carbocycles. The fraction of sp³-hybridized carbons (Fsp3) is 0.500. The van der Waals surface area contributed by atoms with Crippen molar-refractivity contribution in [3.8, 4) is 0 Å². The van der Waals surface area contributed by atoms with Gasteiger partial charge in [-0.25, -0.2) is 0 Å². The standard InChI is InChI=1S/C32H38ClN7O2/c1-31(2,3)24-13-16-32(17-14-24)35-27(23-5-4-6-25(33)19-23)30(42)40(32)28(20-7-8-20)21-9-11-22(12-10-21)29(41)34-18-15-26-36-38-39-37-26/h4-6,9-12,19-20,24,28H,7-8,13-18H2,1-3H3,(H,34,41)(H,36,37,38,39). The van der Waals surface area contributed by atoms with E-state index in [0.29, 0.717) is 46.9 Å². The fourth-order valence-electron chi connectivity index (χ4n) is 6.67. The molecule has 2 amide bonds. The molecule has 1 unspecified atom stereocenters. The minimum absolute atomic E-state index is 0.0216. The third-order valence-corrected chi connectivity index (χ3v) is 9.42. The molecule has 1 aliphatic heterocycles. The molecule has 9 nitrogen and oxygen atoms in total. The van der Waals surface area contributed by atoms with Gasteiger partial charge in [-0.3, -0.25) is 14.6 Å². The van der Waals surface area contributed by atoms with Crippen LogP contribution in [0.2, 0.25) is 5.02 Å². The number of hydrogen-bond donors (Lipinski definition) is 2. The monoisotopic (exact) mass is 587 g/mol. The lowest BCUT2D eigenvalue weighted by atomic mass is 9.69. The Bertz CT molecular complexity index is 1470. The summed E-state index contributed by atoms with van der Waals surface area (Å²) in [6.45, 7) is 7.34. The quantitative estimate of drug-likeness (QED) is 0.359. The van der Waals surface area contributed by atoms with Crippen molar-refractivity contribution in [2.24, 2.45) is 22.2 Å². The molecule has 2 heterocycles. The molecule has 6 rings (SSSR count). The van der Waals surface area contributed by atoms with Crippen molar-refractivity contribution in [2.45, 2.75) is 77.4 Å². The van der Waals surface area contributed by atoms with Crippen LogP contribution in [0.25, 0.3) is 0 Å². The number of H-pyrrole nitrogens is 1. The third-order valence-electron chi connectivity index (χ3n) is 9.18. The van der Waals surface area contributed by atoms with Crippen molar-refractivity contribution in [2.75, 3.05) is 6.54 Å². The van der Waals surface area contributed by atoms with Crippen molar-refractivity contribution >= 4 is 29.1 Å². The highest BCUT2D eigenvalue weighted by molar-refractivity contribution is 6.47. The Hall–Kier alpha value is -3.59. The van der Waals surface area contributed by atoms with Crippen LogP contribution < -0.4 is 5.32 Å². The van der Waals surface area contributed by atoms with Crippen LogP contribution >= 0.6 is 11.6 Å². The van der Waals surface area contributed by atoms with E-state index in [2.05, 4.69) is 51.6 Å². The summed E-state index contributed by atoms with van der Waals surface area (Å²) < 4.78 is 0. The van der Waals surface area contributed by atoms with Crippen molar-refractivity contribution in [1.29, 1.82) is 0 Å². The van der Waals surface area contributed by atoms with Crippen molar-refractivity contribution in [3.63, 3.8) is 0 Å². The maximum atomic E-state index is 14.4. The van der Waals surface area contributed by atoms with Gasteiger partial charge in [0.25, 0.3) is 11.8 Å². The molecule has 2 aromatic carbocycles. The Kier molecular flexibility index (Phi) is 7.64. The van der Waals surface area contributed by atoms with Gasteiger partial charge in [0.05, 0.1) is 6.04 Å². The Balaban J connectivity index is 1.27. The molecule has 0 radical (unpaired) electrons. The summed E-state index contributed by atoms with van der Waals surface area (Å²) >= 11 is 6.35. The molecule has 2 fully saturated rings. The summed E-state index contributed by atoms with van der Waals surface area (Å²) in [4.78, 5) is 34.6. The van der Waals surface area contributed by atoms with E-state index in [4.69, 9.17) is 16.6 Å². The topological polar surface area (TPSA) is 116 Å². The average Bonchev–Trinajstić information content (AvgIpc) is 3.60. The van der Waals surface area contributed by atoms with Crippen LogP contribution in [0.1, 0.15) is 92.6 Å². The number of nitrogens with one attached hydrogen (secondary N) is 2. The maximum Gasteiger partial charge on any atom is 0.275 e. The zero-order chi connectivity index (χ0) is 29.5. The van der Waals surface area contributed by atoms with E-state index in [1.165, 1.54) is 0 Å². The lowest BCUT2D eigenvalue weighted by molar-refractivity contribution is -0.134. The molecule has 3 aromatic rings. The molecule has 1 spiro atoms. The number of hydrogen-bond acceptors (Lipinski definition) is 6. The maximum absolute atomic E-state index is 14.4. The molecule has 10 heteroatoms. The smallest absolute Gasteiger partial charge is 0.275 e. The summed E-state index contributed by atoms with van der Waals surface area (Å²) in [5, 5.41) is 17.3. The van der Waals surface area contributed by atoms with Crippen molar-refractivity contribution in [1.82, 2.24) is 30.8 Å². The summed E-state index contributed by atoms with van der Waals surface area (Å²) in [6, 6.07) is 15.1. The van der Waals surface area contributed by atoms with Crippen LogP contribution in [0.3, 0.4) is 0 Å². The Morgan fingerprint density at radius 1 is 1.12 bits per heavy atom. The van der Waals surface area contributed by atoms with Crippen LogP contribution in [0.5, 0.6) is 0 Å². The minimum Gasteiger partial charge on any atom is -0.352 e. The third kappa shape index (κ3) is 5.71. The number of benzene rings is 2. The Morgan fingerprint density at radius 2 is 1.86 bits per heavy atom. The van der Waals surface area contributed by atoms with E-state index in [0.717, 1.165) is 49.7 Å². The van der Waals surface area contributed by atoms with Crippen LogP contribution in [0.15, 0.2) is 53.5 Å². The average molecular weight is 588 g/mol. The lowest BCUT2D eigenvalue weighted by Gasteiger charge is -2.47. The number of halogens is 1. The largest absolute Gasteiger partial charge is 0.352 e. The summed E-state index contributed by atoms with van der Waals surface area (Å²) in [5.74, 6) is 1.33. The van der Waals surface area contributed by atoms with E-state index in [1.807, 2.05) is 48.5 Å². The van der Waals surface area contributed by atoms with Gasteiger partial charge in [-0.05, 0) is 85.6 Å². The molecule has 0 bridgehead atoms. The van der Waals surface area contributed by atoms with Crippen LogP contribution in [0.4, 0.5) is 0 Å². The molecule has 2 N–H and O–H groups in total. The van der Waals surface area contributed by atoms with E-state index < -0.39 is 5.66 Å². The van der Waals surface area contributed by atoms with Crippen molar-refractivity contribution < 1.29 is 9.59 Å². The Morgan fingerprint density at radius 3 is 2.48 bits per heavy atom. The van der Waals surface area contributed by atoms with E-state index in [-0.39, 0.29) is 23.3 Å². The van der Waals surface area contributed by atoms with E-state index in [1.54, 1.807) is 0 Å². The van der Waals surface area contributed by atoms with Gasteiger partial charge in [0.2, 0.25) is 0 Å². The van der Waals surface area contributed by atoms with Crippen molar-refractivity contribution in [3.05, 3.63) is 76.1 Å². The highest BCUT2D eigenvalue weighted by atomic mass is 35.5. The number of aromatic nitrogens is 4. The second-order valence-corrected chi connectivity index (χ2v) is 13.4. The summed E-state index contributed by atoms with van der Waals surface area (Å²) in [5.41, 5.74) is 2.55. The molecule has 0 saturated heterocycles. The highest BCUT2D eigenvalue weighted by Crippen LogP contribution is 2.54. The second-order valence-electron chi connectivity index (χ2n) is 13.0. The number of nitrogens with zero attached hydrogens (tertiary/aromatic N) is 5. The van der Waals surface area contributed by atoms with Crippen LogP contribution in [0, 0.1) is 17.3 Å². The first-order valence-electron chi connectivity index (χ1n) is 14.9. The molecule has 1 atom stereocenters. The number of carbonyl (C=O) groups excluding carboxylic acids is 2. The molecule has 3 aliphatic rings. The predicted molar refractivity (Wildman–Crippen MR) is 161 cm³/mol. The second kappa shape index (κ2) is 11.2. The number of amides is 2. The first kappa shape index (κ1) is 28.5. The molecule has 1 aromatic heterocycles. The highest BCUT2D eigenvalue weighted by Gasteiger charge is 2.55. The number of tetrazole rings is 1. The zero-order valence-electron chi connectivity index (χ0n) is 24.4.